The van der Waals surface area contributed by atoms with Gasteiger partial charge in [0, 0.05) is 14.1 Å². The molecule has 0 aliphatic heterocycles. The lowest BCUT2D eigenvalue weighted by Gasteiger charge is -2.30. The lowest BCUT2D eigenvalue weighted by molar-refractivity contribution is 0.0697. The molecule has 0 saturated heterocycles. The van der Waals surface area contributed by atoms with Gasteiger partial charge in [-0.1, -0.05) is 42.5 Å². The Bertz CT molecular complexity index is 653. The quantitative estimate of drug-likeness (QED) is 0.599. The summed E-state index contributed by atoms with van der Waals surface area (Å²) in [5.41, 5.74) is 2.22. The number of hydrogen-bond acceptors (Lipinski definition) is 2. The van der Waals surface area contributed by atoms with Crippen LogP contribution in [-0.2, 0) is 0 Å². The molecule has 2 aromatic carbocycles. The van der Waals surface area contributed by atoms with Crippen LogP contribution in [-0.4, -0.2) is 36.0 Å². The lowest BCUT2D eigenvalue weighted by Crippen LogP contribution is -2.38. The number of rotatable bonds is 4. The molecule has 22 heavy (non-hydrogen) atoms. The molecule has 0 amide bonds. The van der Waals surface area contributed by atoms with Crippen LogP contribution in [0.25, 0.3) is 0 Å². The van der Waals surface area contributed by atoms with Gasteiger partial charge in [-0.25, -0.2) is 4.79 Å². The largest absolute Gasteiger partial charge is 0.478 e. The van der Waals surface area contributed by atoms with Gasteiger partial charge in [-0.05, 0) is 23.3 Å². The molecule has 3 N–H and O–H groups in total. The van der Waals surface area contributed by atoms with E-state index in [1.807, 2.05) is 42.3 Å². The normalized spacial score (nSPS) is 11.5. The summed E-state index contributed by atoms with van der Waals surface area (Å²) in [7, 11) is 3.54. The molecule has 1 atom stereocenters. The van der Waals surface area contributed by atoms with E-state index < -0.39 is 5.97 Å². The Morgan fingerprint density at radius 1 is 1.09 bits per heavy atom. The van der Waals surface area contributed by atoms with Crippen molar-refractivity contribution in [1.82, 2.24) is 10.2 Å². The molecule has 114 valence electrons. The Labute approximate surface area is 129 Å². The maximum Gasteiger partial charge on any atom is 0.335 e. The van der Waals surface area contributed by atoms with Crippen molar-refractivity contribution < 1.29 is 9.90 Å². The molecule has 0 saturated carbocycles. The SMILES string of the molecule is CNC(=N)N(C)C(c1ccccc1)c1ccc(C(=O)O)cc1. The van der Waals surface area contributed by atoms with Gasteiger partial charge < -0.3 is 15.3 Å². The van der Waals surface area contributed by atoms with Crippen LogP contribution in [0.3, 0.4) is 0 Å². The predicted molar refractivity (Wildman–Crippen MR) is 86.2 cm³/mol. The minimum Gasteiger partial charge on any atom is -0.478 e. The molecule has 0 radical (unpaired) electrons. The number of carboxylic acids is 1. The van der Waals surface area contributed by atoms with Gasteiger partial charge in [0.05, 0.1) is 11.6 Å². The molecule has 0 heterocycles. The van der Waals surface area contributed by atoms with Gasteiger partial charge in [-0.3, -0.25) is 5.41 Å². The number of hydrogen-bond donors (Lipinski definition) is 3. The number of guanidine groups is 1. The first kappa shape index (κ1) is 15.6. The summed E-state index contributed by atoms with van der Waals surface area (Å²) in [6.45, 7) is 0. The molecule has 0 aliphatic carbocycles. The molecule has 5 nitrogen and oxygen atoms in total. The fourth-order valence-corrected chi connectivity index (χ4v) is 2.39. The highest BCUT2D eigenvalue weighted by Crippen LogP contribution is 2.27. The summed E-state index contributed by atoms with van der Waals surface area (Å²) < 4.78 is 0. The van der Waals surface area contributed by atoms with Crippen molar-refractivity contribution in [1.29, 1.82) is 5.41 Å². The molecule has 5 heteroatoms. The monoisotopic (exact) mass is 297 g/mol. The van der Waals surface area contributed by atoms with Gasteiger partial charge in [0.1, 0.15) is 0 Å². The standard InChI is InChI=1S/C17H19N3O2/c1-19-17(18)20(2)15(12-6-4-3-5-7-12)13-8-10-14(11-9-13)16(21)22/h3-11,15H,1-2H3,(H2,18,19)(H,21,22). The smallest absolute Gasteiger partial charge is 0.335 e. The summed E-state index contributed by atoms with van der Waals surface area (Å²) in [6, 6.07) is 16.4. The van der Waals surface area contributed by atoms with Gasteiger partial charge in [0.25, 0.3) is 0 Å². The lowest BCUT2D eigenvalue weighted by atomic mass is 9.96. The van der Waals surface area contributed by atoms with E-state index in [0.29, 0.717) is 0 Å². The van der Waals surface area contributed by atoms with Gasteiger partial charge in [-0.15, -0.1) is 0 Å². The number of carboxylic acid groups (broad SMARTS) is 1. The van der Waals surface area contributed by atoms with E-state index in [1.54, 1.807) is 31.3 Å². The molecule has 0 spiro atoms. The van der Waals surface area contributed by atoms with E-state index in [4.69, 9.17) is 10.5 Å². The maximum atomic E-state index is 11.0. The fourth-order valence-electron chi connectivity index (χ4n) is 2.39. The Morgan fingerprint density at radius 2 is 1.64 bits per heavy atom. The molecule has 0 bridgehead atoms. The minimum atomic E-state index is -0.945. The first-order valence-corrected chi connectivity index (χ1v) is 6.92. The van der Waals surface area contributed by atoms with Crippen LogP contribution in [0.4, 0.5) is 0 Å². The average Bonchev–Trinajstić information content (AvgIpc) is 2.55. The number of carbonyl (C=O) groups is 1. The molecular weight excluding hydrogens is 278 g/mol. The van der Waals surface area contributed by atoms with Gasteiger partial charge >= 0.3 is 5.97 Å². The second kappa shape index (κ2) is 6.76. The summed E-state index contributed by atoms with van der Waals surface area (Å²) in [5, 5.41) is 19.8. The fraction of sp³-hybridized carbons (Fsp3) is 0.176. The van der Waals surface area contributed by atoms with E-state index in [9.17, 15) is 4.79 Å². The van der Waals surface area contributed by atoms with E-state index in [-0.39, 0.29) is 17.6 Å². The zero-order chi connectivity index (χ0) is 16.1. The summed E-state index contributed by atoms with van der Waals surface area (Å²) in [6.07, 6.45) is 0. The molecule has 1 unspecified atom stereocenters. The number of nitrogens with one attached hydrogen (secondary N) is 2. The molecular formula is C17H19N3O2. The van der Waals surface area contributed by atoms with Gasteiger partial charge in [-0.2, -0.15) is 0 Å². The third kappa shape index (κ3) is 3.25. The second-order valence-corrected chi connectivity index (χ2v) is 4.95. The van der Waals surface area contributed by atoms with E-state index in [1.165, 1.54) is 0 Å². The molecule has 0 aliphatic rings. The van der Waals surface area contributed by atoms with Crippen molar-refractivity contribution in [3.05, 3.63) is 71.3 Å². The summed E-state index contributed by atoms with van der Waals surface area (Å²) in [5.74, 6) is -0.657. The van der Waals surface area contributed by atoms with Crippen molar-refractivity contribution in [2.75, 3.05) is 14.1 Å². The highest BCUT2D eigenvalue weighted by Gasteiger charge is 2.21. The van der Waals surface area contributed by atoms with Crippen LogP contribution in [0.1, 0.15) is 27.5 Å². The predicted octanol–water partition coefficient (Wildman–Crippen LogP) is 2.56. The molecule has 2 aromatic rings. The minimum absolute atomic E-state index is 0.163. The first-order valence-electron chi connectivity index (χ1n) is 6.92. The maximum absolute atomic E-state index is 11.0. The molecule has 0 fully saturated rings. The van der Waals surface area contributed by atoms with Crippen molar-refractivity contribution >= 4 is 11.9 Å². The molecule has 0 aromatic heterocycles. The van der Waals surface area contributed by atoms with Crippen LogP contribution in [0.2, 0.25) is 0 Å². The Balaban J connectivity index is 2.44. The number of benzene rings is 2. The van der Waals surface area contributed by atoms with Gasteiger partial charge in [0.2, 0.25) is 0 Å². The van der Waals surface area contributed by atoms with Crippen LogP contribution >= 0.6 is 0 Å². The highest BCUT2D eigenvalue weighted by atomic mass is 16.4. The van der Waals surface area contributed by atoms with Crippen LogP contribution < -0.4 is 5.32 Å². The highest BCUT2D eigenvalue weighted by molar-refractivity contribution is 5.87. The number of nitrogens with zero attached hydrogens (tertiary/aromatic N) is 1. The van der Waals surface area contributed by atoms with Crippen molar-refractivity contribution in [2.45, 2.75) is 6.04 Å². The first-order chi connectivity index (χ1) is 10.5. The summed E-state index contributed by atoms with van der Waals surface area (Å²) >= 11 is 0. The van der Waals surface area contributed by atoms with Crippen molar-refractivity contribution in [2.24, 2.45) is 0 Å². The van der Waals surface area contributed by atoms with Crippen LogP contribution in [0, 0.1) is 5.41 Å². The Morgan fingerprint density at radius 3 is 2.14 bits per heavy atom. The summed E-state index contributed by atoms with van der Waals surface area (Å²) in [4.78, 5) is 12.8. The van der Waals surface area contributed by atoms with Crippen LogP contribution in [0.5, 0.6) is 0 Å². The van der Waals surface area contributed by atoms with Crippen molar-refractivity contribution in [3.8, 4) is 0 Å². The Kier molecular flexibility index (Phi) is 4.78. The number of aromatic carboxylic acids is 1. The third-order valence-corrected chi connectivity index (χ3v) is 3.57. The zero-order valence-electron chi connectivity index (χ0n) is 12.6. The van der Waals surface area contributed by atoms with E-state index >= 15 is 0 Å². The van der Waals surface area contributed by atoms with Crippen LogP contribution in [0.15, 0.2) is 54.6 Å². The van der Waals surface area contributed by atoms with E-state index in [0.717, 1.165) is 11.1 Å². The van der Waals surface area contributed by atoms with Crippen molar-refractivity contribution in [3.63, 3.8) is 0 Å². The van der Waals surface area contributed by atoms with Gasteiger partial charge in [0.15, 0.2) is 5.96 Å². The molecule has 2 rings (SSSR count). The topological polar surface area (TPSA) is 76.4 Å². The van der Waals surface area contributed by atoms with E-state index in [2.05, 4.69) is 5.32 Å². The average molecular weight is 297 g/mol. The zero-order valence-corrected chi connectivity index (χ0v) is 12.6. The Hall–Kier alpha value is -2.82. The third-order valence-electron chi connectivity index (χ3n) is 3.57. The second-order valence-electron chi connectivity index (χ2n) is 4.95.